The number of hydrogen-bond donors (Lipinski definition) is 2. The molecule has 2 aliphatic heterocycles. The molecule has 0 amide bonds. The van der Waals surface area contributed by atoms with E-state index in [-0.39, 0.29) is 24.4 Å². The van der Waals surface area contributed by atoms with Crippen molar-refractivity contribution in [2.24, 2.45) is 5.41 Å². The van der Waals surface area contributed by atoms with Crippen LogP contribution in [0, 0.1) is 5.41 Å². The highest BCUT2D eigenvalue weighted by Crippen LogP contribution is 2.34. The number of likely N-dealkylation sites (N-methyl/N-ethyl adjacent to an activating group) is 1. The molecule has 4 atom stereocenters. The van der Waals surface area contributed by atoms with E-state index in [9.17, 15) is 0 Å². The van der Waals surface area contributed by atoms with Crippen molar-refractivity contribution in [2.45, 2.75) is 57.5 Å². The topological polar surface area (TPSA) is 72.4 Å². The third-order valence-corrected chi connectivity index (χ3v) is 6.42. The van der Waals surface area contributed by atoms with Gasteiger partial charge in [0.2, 0.25) is 0 Å². The van der Waals surface area contributed by atoms with E-state index in [1.165, 1.54) is 6.42 Å². The van der Waals surface area contributed by atoms with Crippen LogP contribution in [0.1, 0.15) is 39.0 Å². The van der Waals surface area contributed by atoms with Gasteiger partial charge in [-0.2, -0.15) is 0 Å². The van der Waals surface area contributed by atoms with Gasteiger partial charge in [-0.3, -0.25) is 4.90 Å². The van der Waals surface area contributed by atoms with Crippen LogP contribution < -0.4 is 5.32 Å². The molecule has 2 unspecified atom stereocenters. The van der Waals surface area contributed by atoms with E-state index < -0.39 is 0 Å². The first-order chi connectivity index (χ1) is 14.6. The van der Waals surface area contributed by atoms with Gasteiger partial charge in [0.05, 0.1) is 25.9 Å². The maximum Gasteiger partial charge on any atom is 0.157 e. The Morgan fingerprint density at radius 2 is 2.17 bits per heavy atom. The highest BCUT2D eigenvalue weighted by Gasteiger charge is 2.35. The van der Waals surface area contributed by atoms with E-state index in [1.807, 2.05) is 7.05 Å². The molecule has 0 bridgehead atoms. The van der Waals surface area contributed by atoms with Crippen LogP contribution in [-0.2, 0) is 18.9 Å². The van der Waals surface area contributed by atoms with Crippen LogP contribution in [-0.4, -0.2) is 88.2 Å². The summed E-state index contributed by atoms with van der Waals surface area (Å²) in [5, 5.41) is 12.5. The second-order valence-corrected chi connectivity index (χ2v) is 8.77. The number of rotatable bonds is 12. The minimum absolute atomic E-state index is 0.0398. The van der Waals surface area contributed by atoms with E-state index in [1.54, 1.807) is 0 Å². The van der Waals surface area contributed by atoms with Crippen LogP contribution in [0.25, 0.3) is 0 Å². The molecule has 2 heterocycles. The lowest BCUT2D eigenvalue weighted by Crippen LogP contribution is -2.48. The predicted octanol–water partition coefficient (Wildman–Crippen LogP) is 2.07. The predicted molar refractivity (Wildman–Crippen MR) is 116 cm³/mol. The second kappa shape index (κ2) is 12.2. The van der Waals surface area contributed by atoms with Gasteiger partial charge >= 0.3 is 0 Å². The average Bonchev–Trinajstić information content (AvgIpc) is 3.23. The fraction of sp³-hybridized carbons (Fsp3) is 0.826. The van der Waals surface area contributed by atoms with Crippen molar-refractivity contribution in [3.8, 4) is 0 Å². The highest BCUT2D eigenvalue weighted by molar-refractivity contribution is 5.23. The van der Waals surface area contributed by atoms with Crippen LogP contribution in [0.5, 0.6) is 0 Å². The molecule has 1 aliphatic carbocycles. The van der Waals surface area contributed by atoms with Crippen molar-refractivity contribution in [1.82, 2.24) is 10.2 Å². The Hall–Kier alpha value is -0.960. The lowest BCUT2D eigenvalue weighted by Gasteiger charge is -2.38. The molecule has 3 rings (SSSR count). The van der Waals surface area contributed by atoms with E-state index in [4.69, 9.17) is 24.1 Å². The summed E-state index contributed by atoms with van der Waals surface area (Å²) in [6.07, 6.45) is 12.0. The molecule has 2 N–H and O–H groups in total. The van der Waals surface area contributed by atoms with Gasteiger partial charge in [-0.25, -0.2) is 0 Å². The molecule has 0 aromatic heterocycles. The lowest BCUT2D eigenvalue weighted by molar-refractivity contribution is -0.167. The van der Waals surface area contributed by atoms with Crippen molar-refractivity contribution >= 4 is 0 Å². The number of hydrogen-bond acceptors (Lipinski definition) is 7. The zero-order chi connectivity index (χ0) is 21.2. The summed E-state index contributed by atoms with van der Waals surface area (Å²) in [7, 11) is 2.04. The lowest BCUT2D eigenvalue weighted by atomic mass is 9.76. The SMILES string of the molecule is CN[C@H](CN1CC[C@H](OCCO)C1)C1(C)C=CC(OCCOC2CCCCO2)=CC1. The molecule has 0 spiro atoms. The van der Waals surface area contributed by atoms with Crippen LogP contribution >= 0.6 is 0 Å². The summed E-state index contributed by atoms with van der Waals surface area (Å²) in [6.45, 7) is 7.70. The Morgan fingerprint density at radius 1 is 1.27 bits per heavy atom. The Kier molecular flexibility index (Phi) is 9.62. The Morgan fingerprint density at radius 3 is 2.87 bits per heavy atom. The number of likely N-dealkylation sites (tertiary alicyclic amines) is 1. The van der Waals surface area contributed by atoms with Gasteiger partial charge in [0.25, 0.3) is 0 Å². The molecule has 30 heavy (non-hydrogen) atoms. The maximum absolute atomic E-state index is 8.94. The molecule has 2 saturated heterocycles. The van der Waals surface area contributed by atoms with Crippen molar-refractivity contribution in [3.05, 3.63) is 24.0 Å². The zero-order valence-corrected chi connectivity index (χ0v) is 18.7. The first kappa shape index (κ1) is 23.7. The molecule has 0 radical (unpaired) electrons. The normalized spacial score (nSPS) is 31.0. The molecule has 0 aromatic carbocycles. The van der Waals surface area contributed by atoms with Gasteiger partial charge in [-0.05, 0) is 51.3 Å². The Labute approximate surface area is 181 Å². The Balaban J connectivity index is 1.38. The molecular formula is C23H40N2O5. The summed E-state index contributed by atoms with van der Waals surface area (Å²) < 4.78 is 22.9. The van der Waals surface area contributed by atoms with Gasteiger partial charge < -0.3 is 29.4 Å². The molecule has 7 nitrogen and oxygen atoms in total. The van der Waals surface area contributed by atoms with Gasteiger partial charge in [0.1, 0.15) is 12.4 Å². The minimum Gasteiger partial charge on any atom is -0.492 e. The van der Waals surface area contributed by atoms with E-state index in [0.717, 1.165) is 57.7 Å². The molecule has 0 aromatic rings. The number of aliphatic hydroxyl groups is 1. The van der Waals surface area contributed by atoms with Crippen molar-refractivity contribution in [2.75, 3.05) is 59.7 Å². The standard InChI is InChI=1S/C23H40N2O5/c1-23(21(24-2)18-25-11-8-20(17-25)27-14-12-26)9-6-19(7-10-23)28-15-16-30-22-5-3-4-13-29-22/h6-7,9,20-22,24,26H,3-5,8,10-18H2,1-2H3/t20-,21+,22?,23?/m0/s1. The summed E-state index contributed by atoms with van der Waals surface area (Å²) in [4.78, 5) is 2.46. The zero-order valence-electron chi connectivity index (χ0n) is 18.7. The first-order valence-electron chi connectivity index (χ1n) is 11.5. The number of allylic oxidation sites excluding steroid dienone is 2. The maximum atomic E-state index is 8.94. The average molecular weight is 425 g/mol. The monoisotopic (exact) mass is 424 g/mol. The minimum atomic E-state index is -0.0582. The van der Waals surface area contributed by atoms with Gasteiger partial charge in [0, 0.05) is 37.7 Å². The van der Waals surface area contributed by atoms with E-state index in [0.29, 0.717) is 25.9 Å². The summed E-state index contributed by atoms with van der Waals surface area (Å²) in [6, 6.07) is 0.343. The van der Waals surface area contributed by atoms with Gasteiger partial charge in [-0.15, -0.1) is 0 Å². The smallest absolute Gasteiger partial charge is 0.157 e. The number of ether oxygens (including phenoxy) is 4. The molecule has 172 valence electrons. The summed E-state index contributed by atoms with van der Waals surface area (Å²) in [5.41, 5.74) is 0.0398. The van der Waals surface area contributed by atoms with Gasteiger partial charge in [0.15, 0.2) is 6.29 Å². The molecule has 3 aliphatic rings. The van der Waals surface area contributed by atoms with Crippen LogP contribution in [0.4, 0.5) is 0 Å². The van der Waals surface area contributed by atoms with Crippen molar-refractivity contribution in [3.63, 3.8) is 0 Å². The van der Waals surface area contributed by atoms with Crippen molar-refractivity contribution < 1.29 is 24.1 Å². The third-order valence-electron chi connectivity index (χ3n) is 6.42. The van der Waals surface area contributed by atoms with Crippen LogP contribution in [0.3, 0.4) is 0 Å². The van der Waals surface area contributed by atoms with Gasteiger partial charge in [-0.1, -0.05) is 13.0 Å². The quantitative estimate of drug-likeness (QED) is 0.465. The second-order valence-electron chi connectivity index (χ2n) is 8.77. The molecule has 7 heteroatoms. The molecular weight excluding hydrogens is 384 g/mol. The van der Waals surface area contributed by atoms with E-state index >= 15 is 0 Å². The number of nitrogens with zero attached hydrogens (tertiary/aromatic N) is 1. The molecule has 2 fully saturated rings. The fourth-order valence-electron chi connectivity index (χ4n) is 4.48. The number of nitrogens with one attached hydrogen (secondary N) is 1. The fourth-order valence-corrected chi connectivity index (χ4v) is 4.48. The van der Waals surface area contributed by atoms with Crippen LogP contribution in [0.2, 0.25) is 0 Å². The van der Waals surface area contributed by atoms with E-state index in [2.05, 4.69) is 35.4 Å². The molecule has 0 saturated carbocycles. The summed E-state index contributed by atoms with van der Waals surface area (Å²) >= 11 is 0. The largest absolute Gasteiger partial charge is 0.492 e. The summed E-state index contributed by atoms with van der Waals surface area (Å²) in [5.74, 6) is 0.925. The first-order valence-corrected chi connectivity index (χ1v) is 11.5. The number of aliphatic hydroxyl groups excluding tert-OH is 1. The van der Waals surface area contributed by atoms with Crippen molar-refractivity contribution in [1.29, 1.82) is 0 Å². The third kappa shape index (κ3) is 7.04. The van der Waals surface area contributed by atoms with Crippen LogP contribution in [0.15, 0.2) is 24.0 Å². The Bertz CT molecular complexity index is 564. The highest BCUT2D eigenvalue weighted by atomic mass is 16.7.